The van der Waals surface area contributed by atoms with Crippen LogP contribution in [0, 0.1) is 0 Å². The molecule has 1 aromatic heterocycles. The van der Waals surface area contributed by atoms with Gasteiger partial charge in [-0.2, -0.15) is 0 Å². The predicted molar refractivity (Wildman–Crippen MR) is 79.7 cm³/mol. The first-order chi connectivity index (χ1) is 10.2. The van der Waals surface area contributed by atoms with Gasteiger partial charge in [-0.1, -0.05) is 18.2 Å². The van der Waals surface area contributed by atoms with Crippen LogP contribution < -0.4 is 5.32 Å². The number of fused-ring (bicyclic) bond motifs is 1. The number of aromatic nitrogens is 1. The Morgan fingerprint density at radius 1 is 1.24 bits per heavy atom. The Labute approximate surface area is 125 Å². The van der Waals surface area contributed by atoms with E-state index in [-0.39, 0.29) is 23.2 Å². The molecule has 1 atom stereocenters. The van der Waals surface area contributed by atoms with Crippen LogP contribution in [0.5, 0.6) is 0 Å². The number of anilines is 1. The summed E-state index contributed by atoms with van der Waals surface area (Å²) in [5.74, 6) is -0.882. The molecule has 0 fully saturated rings. The van der Waals surface area contributed by atoms with Gasteiger partial charge in [0.2, 0.25) is 5.91 Å². The van der Waals surface area contributed by atoms with Crippen LogP contribution in [0.2, 0.25) is 0 Å². The smallest absolute Gasteiger partial charge is 0.339 e. The summed E-state index contributed by atoms with van der Waals surface area (Å²) < 4.78 is 0. The molecular weight excluding hydrogens is 288 g/mol. The van der Waals surface area contributed by atoms with Crippen LogP contribution in [0.4, 0.5) is 5.82 Å². The van der Waals surface area contributed by atoms with Gasteiger partial charge in [0, 0.05) is 16.8 Å². The fraction of sp³-hybridized carbons (Fsp3) is 0.133. The molecule has 21 heavy (non-hydrogen) atoms. The Kier molecular flexibility index (Phi) is 3.62. The molecule has 2 aromatic rings. The molecule has 0 radical (unpaired) electrons. The number of nitrogens with one attached hydrogen (secondary N) is 1. The van der Waals surface area contributed by atoms with Gasteiger partial charge >= 0.3 is 5.97 Å². The largest absolute Gasteiger partial charge is 0.478 e. The average Bonchev–Trinajstić information content (AvgIpc) is 2.91. The van der Waals surface area contributed by atoms with Gasteiger partial charge in [-0.15, -0.1) is 11.8 Å². The third-order valence-electron chi connectivity index (χ3n) is 3.30. The fourth-order valence-corrected chi connectivity index (χ4v) is 3.49. The van der Waals surface area contributed by atoms with Gasteiger partial charge in [-0.05, 0) is 23.8 Å². The van der Waals surface area contributed by atoms with Crippen molar-refractivity contribution in [1.29, 1.82) is 0 Å². The van der Waals surface area contributed by atoms with Gasteiger partial charge in [0.15, 0.2) is 0 Å². The summed E-state index contributed by atoms with van der Waals surface area (Å²) >= 11 is 1.63. The molecule has 1 amide bonds. The number of carbonyl (C=O) groups is 2. The third kappa shape index (κ3) is 2.62. The molecule has 0 aliphatic carbocycles. The minimum atomic E-state index is -1.11. The van der Waals surface area contributed by atoms with Gasteiger partial charge in [0.05, 0.1) is 5.92 Å². The van der Waals surface area contributed by atoms with Crippen molar-refractivity contribution in [3.8, 4) is 0 Å². The molecule has 0 saturated carbocycles. The minimum absolute atomic E-state index is 0.00946. The molecule has 1 aliphatic rings. The lowest BCUT2D eigenvalue weighted by Crippen LogP contribution is -2.23. The Bertz CT molecular complexity index is 718. The number of hydrogen-bond donors (Lipinski definition) is 2. The molecule has 2 heterocycles. The maximum atomic E-state index is 12.4. The summed E-state index contributed by atoms with van der Waals surface area (Å²) in [6.45, 7) is 0. The van der Waals surface area contributed by atoms with Crippen molar-refractivity contribution in [1.82, 2.24) is 4.98 Å². The standard InChI is InChI=1S/C15H12N2O3S/c18-14(11-8-21-12-6-2-1-4-9(11)12)17-13-10(15(19)20)5-3-7-16-13/h1-7,11H,8H2,(H,19,20)(H,16,17,18). The van der Waals surface area contributed by atoms with Crippen LogP contribution in [0.15, 0.2) is 47.5 Å². The first-order valence-electron chi connectivity index (χ1n) is 6.37. The number of aromatic carboxylic acids is 1. The highest BCUT2D eigenvalue weighted by molar-refractivity contribution is 7.99. The molecule has 0 spiro atoms. The zero-order valence-electron chi connectivity index (χ0n) is 10.9. The summed E-state index contributed by atoms with van der Waals surface area (Å²) in [6.07, 6.45) is 1.46. The Balaban J connectivity index is 1.84. The summed E-state index contributed by atoms with van der Waals surface area (Å²) in [4.78, 5) is 28.6. The van der Waals surface area contributed by atoms with E-state index < -0.39 is 5.97 Å². The van der Waals surface area contributed by atoms with Crippen molar-refractivity contribution >= 4 is 29.5 Å². The highest BCUT2D eigenvalue weighted by Crippen LogP contribution is 2.39. The second-order valence-corrected chi connectivity index (χ2v) is 5.66. The van der Waals surface area contributed by atoms with Crippen molar-refractivity contribution in [2.75, 3.05) is 11.1 Å². The second-order valence-electron chi connectivity index (χ2n) is 4.60. The summed E-state index contributed by atoms with van der Waals surface area (Å²) in [5, 5.41) is 11.7. The van der Waals surface area contributed by atoms with Crippen LogP contribution in [-0.2, 0) is 4.79 Å². The summed E-state index contributed by atoms with van der Waals surface area (Å²) in [5.41, 5.74) is 0.970. The maximum absolute atomic E-state index is 12.4. The number of hydrogen-bond acceptors (Lipinski definition) is 4. The molecule has 3 rings (SSSR count). The molecule has 2 N–H and O–H groups in total. The quantitative estimate of drug-likeness (QED) is 0.911. The molecule has 1 unspecified atom stereocenters. The van der Waals surface area contributed by atoms with Crippen molar-refractivity contribution < 1.29 is 14.7 Å². The van der Waals surface area contributed by atoms with E-state index in [0.717, 1.165) is 10.5 Å². The van der Waals surface area contributed by atoms with Crippen LogP contribution in [0.3, 0.4) is 0 Å². The van der Waals surface area contributed by atoms with Crippen molar-refractivity contribution in [2.24, 2.45) is 0 Å². The third-order valence-corrected chi connectivity index (χ3v) is 4.48. The molecule has 5 nitrogen and oxygen atoms in total. The van der Waals surface area contributed by atoms with Gasteiger partial charge in [0.1, 0.15) is 11.4 Å². The normalized spacial score (nSPS) is 16.3. The lowest BCUT2D eigenvalue weighted by atomic mass is 10.0. The predicted octanol–water partition coefficient (Wildman–Crippen LogP) is 2.61. The van der Waals surface area contributed by atoms with E-state index in [9.17, 15) is 9.59 Å². The van der Waals surface area contributed by atoms with E-state index in [1.54, 1.807) is 11.8 Å². The topological polar surface area (TPSA) is 79.3 Å². The molecule has 1 aromatic carbocycles. The zero-order valence-corrected chi connectivity index (χ0v) is 11.8. The number of carbonyl (C=O) groups excluding carboxylic acids is 1. The lowest BCUT2D eigenvalue weighted by Gasteiger charge is -2.12. The summed E-state index contributed by atoms with van der Waals surface area (Å²) in [6, 6.07) is 10.7. The summed E-state index contributed by atoms with van der Waals surface area (Å²) in [7, 11) is 0. The molecule has 106 valence electrons. The van der Waals surface area contributed by atoms with E-state index >= 15 is 0 Å². The minimum Gasteiger partial charge on any atom is -0.478 e. The van der Waals surface area contributed by atoms with Crippen LogP contribution in [0.25, 0.3) is 0 Å². The van der Waals surface area contributed by atoms with Crippen molar-refractivity contribution in [3.05, 3.63) is 53.7 Å². The first-order valence-corrected chi connectivity index (χ1v) is 7.36. The van der Waals surface area contributed by atoms with Crippen LogP contribution in [-0.4, -0.2) is 27.7 Å². The number of carboxylic acids is 1. The van der Waals surface area contributed by atoms with Crippen molar-refractivity contribution in [3.63, 3.8) is 0 Å². The van der Waals surface area contributed by atoms with E-state index in [0.29, 0.717) is 5.75 Å². The van der Waals surface area contributed by atoms with Crippen LogP contribution in [0.1, 0.15) is 21.8 Å². The van der Waals surface area contributed by atoms with Crippen LogP contribution >= 0.6 is 11.8 Å². The number of nitrogens with zero attached hydrogens (tertiary/aromatic N) is 1. The first kappa shape index (κ1) is 13.6. The Morgan fingerprint density at radius 2 is 2.05 bits per heavy atom. The number of pyridine rings is 1. The highest BCUT2D eigenvalue weighted by Gasteiger charge is 2.29. The lowest BCUT2D eigenvalue weighted by molar-refractivity contribution is -0.117. The zero-order chi connectivity index (χ0) is 14.8. The monoisotopic (exact) mass is 300 g/mol. The van der Waals surface area contributed by atoms with E-state index in [2.05, 4.69) is 10.3 Å². The van der Waals surface area contributed by atoms with E-state index in [1.165, 1.54) is 18.3 Å². The highest BCUT2D eigenvalue weighted by atomic mass is 32.2. The Morgan fingerprint density at radius 3 is 2.86 bits per heavy atom. The van der Waals surface area contributed by atoms with E-state index in [1.807, 2.05) is 24.3 Å². The SMILES string of the molecule is O=C(O)c1cccnc1NC(=O)C1CSc2ccccc21. The average molecular weight is 300 g/mol. The molecule has 1 aliphatic heterocycles. The van der Waals surface area contributed by atoms with Gasteiger partial charge < -0.3 is 10.4 Å². The van der Waals surface area contributed by atoms with Crippen molar-refractivity contribution in [2.45, 2.75) is 10.8 Å². The second kappa shape index (κ2) is 5.57. The molecule has 0 saturated heterocycles. The van der Waals surface area contributed by atoms with Gasteiger partial charge in [-0.3, -0.25) is 4.79 Å². The van der Waals surface area contributed by atoms with E-state index in [4.69, 9.17) is 5.11 Å². The fourth-order valence-electron chi connectivity index (χ4n) is 2.26. The number of carboxylic acid groups (broad SMARTS) is 1. The molecule has 6 heteroatoms. The maximum Gasteiger partial charge on any atom is 0.339 e. The number of amides is 1. The number of benzene rings is 1. The van der Waals surface area contributed by atoms with Gasteiger partial charge in [0.25, 0.3) is 0 Å². The number of rotatable bonds is 3. The van der Waals surface area contributed by atoms with Gasteiger partial charge in [-0.25, -0.2) is 9.78 Å². The molecular formula is C15H12N2O3S. The Hall–Kier alpha value is -2.34. The number of thioether (sulfide) groups is 1. The molecule has 0 bridgehead atoms.